The molecule has 4 N–H and O–H groups in total. The van der Waals surface area contributed by atoms with Gasteiger partial charge in [-0.15, -0.1) is 0 Å². The largest absolute Gasteiger partial charge is 0.453 e. The molecule has 0 bridgehead atoms. The molecule has 0 aromatic carbocycles. The molecule has 0 radical (unpaired) electrons. The van der Waals surface area contributed by atoms with Gasteiger partial charge in [-0.25, -0.2) is 19.6 Å². The average molecular weight is 971 g/mol. The average Bonchev–Trinajstić information content (AvgIpc) is 4.19. The molecule has 7 rings (SSSR count). The number of rotatable bonds is 8. The number of alkyl carbamates (subject to hydrolysis) is 2. The Morgan fingerprint density at radius 1 is 0.718 bits per heavy atom. The summed E-state index contributed by atoms with van der Waals surface area (Å²) in [5.41, 5.74) is 5.71. The predicted octanol–water partition coefficient (Wildman–Crippen LogP) is 10.3. The maximum atomic E-state index is 14.3. The van der Waals surface area contributed by atoms with Crippen molar-refractivity contribution in [3.63, 3.8) is 0 Å². The third-order valence-electron chi connectivity index (χ3n) is 15.7. The summed E-state index contributed by atoms with van der Waals surface area (Å²) in [5.74, 6) is 15.8. The number of fused-ring (bicyclic) bond motifs is 2. The van der Waals surface area contributed by atoms with Gasteiger partial charge in [0.1, 0.15) is 35.1 Å². The number of ether oxygens (including phenoxy) is 2. The molecular weight excluding hydrogens is 893 g/mol. The summed E-state index contributed by atoms with van der Waals surface area (Å²) in [6, 6.07) is -1.64. The van der Waals surface area contributed by atoms with Crippen LogP contribution >= 0.6 is 0 Å². The fourth-order valence-electron chi connectivity index (χ4n) is 11.6. The topological polar surface area (TPSA) is 175 Å². The molecule has 14 nitrogen and oxygen atoms in total. The third kappa shape index (κ3) is 12.9. The van der Waals surface area contributed by atoms with Gasteiger partial charge < -0.3 is 39.9 Å². The van der Waals surface area contributed by atoms with Gasteiger partial charge in [0.15, 0.2) is 0 Å². The summed E-state index contributed by atoms with van der Waals surface area (Å²) < 4.78 is 9.78. The first-order valence-electron chi connectivity index (χ1n) is 26.4. The lowest BCUT2D eigenvalue weighted by molar-refractivity contribution is -0.139. The molecule has 0 unspecified atom stereocenters. The Morgan fingerprint density at radius 2 is 1.24 bits per heavy atom. The molecule has 4 heterocycles. The number of carbonyl (C=O) groups is 4. The van der Waals surface area contributed by atoms with Gasteiger partial charge in [0.2, 0.25) is 11.8 Å². The molecule has 3 aliphatic carbocycles. The fourth-order valence-corrected chi connectivity index (χ4v) is 11.6. The van der Waals surface area contributed by atoms with Gasteiger partial charge in [-0.3, -0.25) is 9.59 Å². The van der Waals surface area contributed by atoms with E-state index in [-0.39, 0.29) is 47.8 Å². The fraction of sp³-hybridized carbons (Fsp3) is 0.614. The Kier molecular flexibility index (Phi) is 18.1. The maximum absolute atomic E-state index is 14.3. The zero-order chi connectivity index (χ0) is 50.8. The van der Waals surface area contributed by atoms with Crippen LogP contribution in [-0.2, 0) is 19.1 Å². The van der Waals surface area contributed by atoms with E-state index in [1.165, 1.54) is 25.4 Å². The first kappa shape index (κ1) is 52.8. The highest BCUT2D eigenvalue weighted by molar-refractivity contribution is 5.87. The lowest BCUT2D eigenvalue weighted by atomic mass is 9.84. The summed E-state index contributed by atoms with van der Waals surface area (Å²) >= 11 is 0. The Morgan fingerprint density at radius 3 is 1.75 bits per heavy atom. The van der Waals surface area contributed by atoms with Gasteiger partial charge in [-0.05, 0) is 138 Å². The van der Waals surface area contributed by atoms with Gasteiger partial charge in [-0.2, -0.15) is 0 Å². The van der Waals surface area contributed by atoms with Crippen LogP contribution in [0.2, 0.25) is 0 Å². The monoisotopic (exact) mass is 971 g/mol. The highest BCUT2D eigenvalue weighted by atomic mass is 16.5. The standard InChI is InChI=1S/C57H78N8O6/c1-10-39-24-27-41(38(7)23-28-44-33-58-52(60-44)48-31-42-18-11-13-20-46(42)64(48)54(66)50(35(2)3)62-56(68)70-8)26-22-37(6)16-15-17-40(30-39)25-29-45-34-59-53(61-45)49-32-43-19-12-14-21-47(43)65(49)55(67)51(36(4)5)63-57(69)71-9/h10,22,26,30,33-37,42-43,46-51H,11-21,24,27,31-32H2,1-9H3,(H,58,60)(H,59,61)(H,62,68)(H,63,69)/b26-22-,39-10-,40-30+,41-38-/t37-,42+,43+,46+,47+,48+,49+,50+,51+/m1/s1. The van der Waals surface area contributed by atoms with Crippen molar-refractivity contribution in [3.8, 4) is 23.7 Å². The number of hydrogen-bond donors (Lipinski definition) is 4. The van der Waals surface area contributed by atoms with E-state index in [0.29, 0.717) is 29.1 Å². The summed E-state index contributed by atoms with van der Waals surface area (Å²) in [6.45, 7) is 14.2. The Labute approximate surface area is 422 Å². The van der Waals surface area contributed by atoms with E-state index in [4.69, 9.17) is 19.4 Å². The van der Waals surface area contributed by atoms with Crippen molar-refractivity contribution in [2.75, 3.05) is 14.2 Å². The van der Waals surface area contributed by atoms with Crippen molar-refractivity contribution < 1.29 is 28.7 Å². The van der Waals surface area contributed by atoms with Crippen LogP contribution in [0.5, 0.6) is 0 Å². The predicted molar refractivity (Wildman–Crippen MR) is 275 cm³/mol. The van der Waals surface area contributed by atoms with Gasteiger partial charge in [0.25, 0.3) is 0 Å². The molecule has 2 aliphatic heterocycles. The van der Waals surface area contributed by atoms with Crippen LogP contribution in [0.3, 0.4) is 0 Å². The molecule has 71 heavy (non-hydrogen) atoms. The number of methoxy groups -OCH3 is 2. The Balaban J connectivity index is 1.07. The first-order chi connectivity index (χ1) is 34.2. The molecule has 382 valence electrons. The minimum Gasteiger partial charge on any atom is -0.453 e. The molecule has 5 aliphatic rings. The molecule has 2 aromatic rings. The Hall–Kier alpha value is -6.02. The van der Waals surface area contributed by atoms with Gasteiger partial charge in [-0.1, -0.05) is 95.9 Å². The normalized spacial score (nSPS) is 28.0. The molecule has 2 saturated heterocycles. The van der Waals surface area contributed by atoms with Crippen molar-refractivity contribution >= 4 is 24.0 Å². The zero-order valence-corrected chi connectivity index (χ0v) is 43.7. The summed E-state index contributed by atoms with van der Waals surface area (Å²) in [6.07, 6.45) is 26.1. The number of hydrogen-bond acceptors (Lipinski definition) is 8. The smallest absolute Gasteiger partial charge is 0.407 e. The molecule has 9 atom stereocenters. The molecule has 2 aromatic heterocycles. The second kappa shape index (κ2) is 24.4. The summed E-state index contributed by atoms with van der Waals surface area (Å²) in [7, 11) is 2.64. The second-order valence-corrected chi connectivity index (χ2v) is 21.2. The highest BCUT2D eigenvalue weighted by Crippen LogP contribution is 2.47. The minimum absolute atomic E-state index is 0.0883. The molecule has 14 heteroatoms. The number of H-pyrrole nitrogens is 2. The van der Waals surface area contributed by atoms with E-state index in [2.05, 4.69) is 89.4 Å². The van der Waals surface area contributed by atoms with Crippen molar-refractivity contribution in [1.82, 2.24) is 40.4 Å². The van der Waals surface area contributed by atoms with Crippen molar-refractivity contribution in [3.05, 3.63) is 82.0 Å². The number of carbonyl (C=O) groups excluding carboxylic acids is 4. The van der Waals surface area contributed by atoms with Gasteiger partial charge in [0.05, 0.1) is 26.3 Å². The number of likely N-dealkylation sites (tertiary alicyclic amines) is 2. The van der Waals surface area contributed by atoms with Crippen LogP contribution in [0, 0.1) is 53.3 Å². The molecule has 0 spiro atoms. The van der Waals surface area contributed by atoms with Crippen LogP contribution < -0.4 is 10.6 Å². The van der Waals surface area contributed by atoms with Crippen molar-refractivity contribution in [2.24, 2.45) is 29.6 Å². The number of nitrogens with one attached hydrogen (secondary N) is 4. The van der Waals surface area contributed by atoms with Gasteiger partial charge in [0, 0.05) is 35.6 Å². The summed E-state index contributed by atoms with van der Waals surface area (Å²) in [5, 5.41) is 5.61. The molecule has 4 amide bonds. The van der Waals surface area contributed by atoms with E-state index in [9.17, 15) is 19.2 Å². The van der Waals surface area contributed by atoms with Crippen LogP contribution in [0.4, 0.5) is 9.59 Å². The van der Waals surface area contributed by atoms with E-state index in [1.54, 1.807) is 0 Å². The number of aromatic nitrogens is 4. The van der Waals surface area contributed by atoms with Crippen molar-refractivity contribution in [1.29, 1.82) is 0 Å². The second-order valence-electron chi connectivity index (χ2n) is 21.2. The number of amides is 4. The number of imidazole rings is 2. The number of aromatic amines is 2. The quantitative estimate of drug-likeness (QED) is 0.189. The zero-order valence-electron chi connectivity index (χ0n) is 43.7. The lowest BCUT2D eigenvalue weighted by Crippen LogP contribution is -2.53. The highest BCUT2D eigenvalue weighted by Gasteiger charge is 2.50. The van der Waals surface area contributed by atoms with E-state index in [1.807, 2.05) is 49.9 Å². The van der Waals surface area contributed by atoms with Crippen LogP contribution in [0.1, 0.15) is 180 Å². The van der Waals surface area contributed by atoms with Crippen molar-refractivity contribution in [2.45, 2.75) is 181 Å². The van der Waals surface area contributed by atoms with Gasteiger partial charge >= 0.3 is 12.2 Å². The lowest BCUT2D eigenvalue weighted by Gasteiger charge is -2.36. The minimum atomic E-state index is -0.701. The van der Waals surface area contributed by atoms with Crippen LogP contribution in [0.25, 0.3) is 0 Å². The number of nitrogens with zero attached hydrogens (tertiary/aromatic N) is 4. The third-order valence-corrected chi connectivity index (χ3v) is 15.7. The van der Waals surface area contributed by atoms with E-state index < -0.39 is 24.3 Å². The van der Waals surface area contributed by atoms with Crippen LogP contribution in [0.15, 0.2) is 59.0 Å². The van der Waals surface area contributed by atoms with Crippen LogP contribution in [-0.4, -0.2) is 92.1 Å². The van der Waals surface area contributed by atoms with E-state index in [0.717, 1.165) is 119 Å². The summed E-state index contributed by atoms with van der Waals surface area (Å²) in [4.78, 5) is 74.0. The maximum Gasteiger partial charge on any atom is 0.407 e. The van der Waals surface area contributed by atoms with E-state index >= 15 is 0 Å². The molecule has 2 saturated carbocycles. The molecular formula is C57H78N8O6. The SMILES string of the molecule is C/C=C1\C=C(\C#Cc2c[nH]c([C@@H]3C[C@@H]4CCCC[C@@H]4N3C(=O)[C@@H](NC(=O)OC)C(C)C)n2)CCC[C@@H](C)/C=C\C(=C(/C)C#Cc2c[nH]c([C@@H]3C[C@@H]4CCCC[C@@H]4N3C(=O)[C@@H](NC(=O)OC)C(C)C)n2)CC1. The Bertz CT molecular complexity index is 2490. The molecule has 4 fully saturated rings. The first-order valence-corrected chi connectivity index (χ1v) is 26.4. The number of allylic oxidation sites excluding steroid dienone is 8.